The van der Waals surface area contributed by atoms with Gasteiger partial charge in [-0.2, -0.15) is 0 Å². The van der Waals surface area contributed by atoms with Crippen LogP contribution in [0.5, 0.6) is 0 Å². The van der Waals surface area contributed by atoms with E-state index < -0.39 is 0 Å². The van der Waals surface area contributed by atoms with Crippen molar-refractivity contribution in [2.75, 3.05) is 26.3 Å². The standard InChI is InChI=1S/C10H17NO/c1-9-2-5-11(8-9)10-3-6-12-7-4-10/h1,9-10H,2-8H2. The first kappa shape index (κ1) is 8.52. The topological polar surface area (TPSA) is 12.5 Å². The van der Waals surface area contributed by atoms with E-state index in [-0.39, 0.29) is 0 Å². The molecule has 0 aromatic rings. The summed E-state index contributed by atoms with van der Waals surface area (Å²) < 4.78 is 5.33. The molecule has 1 unspecified atom stereocenters. The maximum absolute atomic E-state index is 5.86. The molecule has 0 spiro atoms. The molecule has 12 heavy (non-hydrogen) atoms. The van der Waals surface area contributed by atoms with Crippen LogP contribution in [0, 0.1) is 12.8 Å². The van der Waals surface area contributed by atoms with Gasteiger partial charge in [-0.15, -0.1) is 0 Å². The maximum Gasteiger partial charge on any atom is 0.0480 e. The summed E-state index contributed by atoms with van der Waals surface area (Å²) in [4.78, 5) is 2.53. The van der Waals surface area contributed by atoms with Gasteiger partial charge in [0.25, 0.3) is 0 Å². The van der Waals surface area contributed by atoms with E-state index in [0.717, 1.165) is 25.8 Å². The molecule has 0 aromatic carbocycles. The first-order chi connectivity index (χ1) is 5.86. The molecule has 1 atom stereocenters. The smallest absolute Gasteiger partial charge is 0.0480 e. The van der Waals surface area contributed by atoms with Gasteiger partial charge in [-0.05, 0) is 38.6 Å². The summed E-state index contributed by atoms with van der Waals surface area (Å²) in [6, 6.07) is 0.757. The van der Waals surface area contributed by atoms with Crippen LogP contribution in [0.1, 0.15) is 19.3 Å². The summed E-state index contributed by atoms with van der Waals surface area (Å²) in [5, 5.41) is 0. The zero-order chi connectivity index (χ0) is 8.39. The predicted molar refractivity (Wildman–Crippen MR) is 47.8 cm³/mol. The van der Waals surface area contributed by atoms with Crippen LogP contribution in [0.15, 0.2) is 0 Å². The van der Waals surface area contributed by atoms with Crippen LogP contribution in [-0.4, -0.2) is 37.2 Å². The number of nitrogens with zero attached hydrogens (tertiary/aromatic N) is 1. The highest BCUT2D eigenvalue weighted by atomic mass is 16.5. The summed E-state index contributed by atoms with van der Waals surface area (Å²) >= 11 is 0. The Morgan fingerprint density at radius 2 is 1.92 bits per heavy atom. The highest BCUT2D eigenvalue weighted by Crippen LogP contribution is 2.22. The minimum absolute atomic E-state index is 0.424. The zero-order valence-electron chi connectivity index (χ0n) is 7.54. The lowest BCUT2D eigenvalue weighted by Crippen LogP contribution is -2.37. The van der Waals surface area contributed by atoms with E-state index in [1.54, 1.807) is 0 Å². The van der Waals surface area contributed by atoms with Crippen LogP contribution >= 0.6 is 0 Å². The fraction of sp³-hybridized carbons (Fsp3) is 0.900. The van der Waals surface area contributed by atoms with Gasteiger partial charge in [-0.3, -0.25) is 4.90 Å². The fourth-order valence-corrected chi connectivity index (χ4v) is 2.20. The molecular formula is C10H17NO. The van der Waals surface area contributed by atoms with Crippen molar-refractivity contribution in [1.82, 2.24) is 4.90 Å². The molecule has 2 saturated heterocycles. The third-order valence-electron chi connectivity index (χ3n) is 2.96. The quantitative estimate of drug-likeness (QED) is 0.582. The maximum atomic E-state index is 5.86. The number of hydrogen-bond acceptors (Lipinski definition) is 2. The summed E-state index contributed by atoms with van der Waals surface area (Å²) in [6.07, 6.45) is 3.58. The number of likely N-dealkylation sites (tertiary alicyclic amines) is 1. The van der Waals surface area contributed by atoms with E-state index in [0.29, 0.717) is 5.92 Å². The molecule has 0 bridgehead atoms. The van der Waals surface area contributed by atoms with Crippen LogP contribution < -0.4 is 0 Å². The molecule has 68 valence electrons. The molecule has 2 fully saturated rings. The predicted octanol–water partition coefficient (Wildman–Crippen LogP) is 1.20. The van der Waals surface area contributed by atoms with Crippen molar-refractivity contribution >= 4 is 0 Å². The van der Waals surface area contributed by atoms with Crippen molar-refractivity contribution in [3.05, 3.63) is 6.92 Å². The first-order valence-corrected chi connectivity index (χ1v) is 4.93. The number of rotatable bonds is 1. The average molecular weight is 167 g/mol. The van der Waals surface area contributed by atoms with Crippen LogP contribution in [0.3, 0.4) is 0 Å². The van der Waals surface area contributed by atoms with Crippen molar-refractivity contribution in [3.8, 4) is 0 Å². The lowest BCUT2D eigenvalue weighted by Gasteiger charge is -2.30. The molecule has 2 radical (unpaired) electrons. The molecule has 0 amide bonds. The van der Waals surface area contributed by atoms with Crippen molar-refractivity contribution < 1.29 is 4.74 Å². The molecule has 0 aromatic heterocycles. The van der Waals surface area contributed by atoms with E-state index in [4.69, 9.17) is 11.7 Å². The van der Waals surface area contributed by atoms with Crippen LogP contribution in [0.25, 0.3) is 0 Å². The molecule has 2 heterocycles. The monoisotopic (exact) mass is 167 g/mol. The Bertz CT molecular complexity index is 140. The number of hydrogen-bond donors (Lipinski definition) is 0. The lowest BCUT2D eigenvalue weighted by atomic mass is 10.1. The Morgan fingerprint density at radius 1 is 1.17 bits per heavy atom. The van der Waals surface area contributed by atoms with Gasteiger partial charge in [0.1, 0.15) is 0 Å². The van der Waals surface area contributed by atoms with Gasteiger partial charge in [0.05, 0.1) is 0 Å². The average Bonchev–Trinajstić information content (AvgIpc) is 2.54. The Balaban J connectivity index is 1.83. The Labute approximate surface area is 74.9 Å². The second kappa shape index (κ2) is 3.75. The van der Waals surface area contributed by atoms with Gasteiger partial charge in [-0.25, -0.2) is 0 Å². The van der Waals surface area contributed by atoms with Crippen LogP contribution in [0.2, 0.25) is 0 Å². The Kier molecular flexibility index (Phi) is 2.66. The van der Waals surface area contributed by atoms with Gasteiger partial charge < -0.3 is 4.74 Å². The molecule has 0 aliphatic carbocycles. The highest BCUT2D eigenvalue weighted by molar-refractivity contribution is 4.83. The molecule has 0 saturated carbocycles. The van der Waals surface area contributed by atoms with Crippen molar-refractivity contribution in [3.63, 3.8) is 0 Å². The number of ether oxygens (including phenoxy) is 1. The third kappa shape index (κ3) is 1.80. The van der Waals surface area contributed by atoms with Crippen LogP contribution in [-0.2, 0) is 4.74 Å². The van der Waals surface area contributed by atoms with Gasteiger partial charge in [0, 0.05) is 25.8 Å². The highest BCUT2D eigenvalue weighted by Gasteiger charge is 2.26. The third-order valence-corrected chi connectivity index (χ3v) is 2.96. The molecule has 0 N–H and O–H groups in total. The minimum Gasteiger partial charge on any atom is -0.381 e. The Hall–Kier alpha value is -0.0800. The van der Waals surface area contributed by atoms with E-state index in [2.05, 4.69) is 4.90 Å². The van der Waals surface area contributed by atoms with Gasteiger partial charge in [0.2, 0.25) is 0 Å². The molecule has 2 aliphatic rings. The lowest BCUT2D eigenvalue weighted by molar-refractivity contribution is 0.0416. The Morgan fingerprint density at radius 3 is 2.50 bits per heavy atom. The summed E-state index contributed by atoms with van der Waals surface area (Å²) in [5.41, 5.74) is 0. The largest absolute Gasteiger partial charge is 0.381 e. The summed E-state index contributed by atoms with van der Waals surface area (Å²) in [5.74, 6) is 0.424. The van der Waals surface area contributed by atoms with Crippen LogP contribution in [0.4, 0.5) is 0 Å². The zero-order valence-corrected chi connectivity index (χ0v) is 7.54. The second-order valence-corrected chi connectivity index (χ2v) is 3.89. The molecule has 2 rings (SSSR count). The molecule has 2 heteroatoms. The van der Waals surface area contributed by atoms with Crippen molar-refractivity contribution in [1.29, 1.82) is 0 Å². The van der Waals surface area contributed by atoms with E-state index in [1.807, 2.05) is 0 Å². The van der Waals surface area contributed by atoms with Crippen molar-refractivity contribution in [2.45, 2.75) is 25.3 Å². The van der Waals surface area contributed by atoms with E-state index in [9.17, 15) is 0 Å². The van der Waals surface area contributed by atoms with Gasteiger partial charge in [-0.1, -0.05) is 0 Å². The van der Waals surface area contributed by atoms with Gasteiger partial charge in [0.15, 0.2) is 0 Å². The summed E-state index contributed by atoms with van der Waals surface area (Å²) in [6.45, 7) is 10.0. The molecular weight excluding hydrogens is 150 g/mol. The van der Waals surface area contributed by atoms with E-state index in [1.165, 1.54) is 25.8 Å². The minimum atomic E-state index is 0.424. The summed E-state index contributed by atoms with van der Waals surface area (Å²) in [7, 11) is 0. The van der Waals surface area contributed by atoms with E-state index >= 15 is 0 Å². The normalized spacial score (nSPS) is 34.2. The first-order valence-electron chi connectivity index (χ1n) is 4.93. The SMILES string of the molecule is [CH]C1CCN(C2CCOCC2)C1. The van der Waals surface area contributed by atoms with Gasteiger partial charge >= 0.3 is 0 Å². The second-order valence-electron chi connectivity index (χ2n) is 3.89. The molecule has 2 aliphatic heterocycles. The molecule has 2 nitrogen and oxygen atoms in total. The fourth-order valence-electron chi connectivity index (χ4n) is 2.20. The van der Waals surface area contributed by atoms with Crippen molar-refractivity contribution in [2.24, 2.45) is 5.92 Å².